The van der Waals surface area contributed by atoms with Gasteiger partial charge in [-0.05, 0) is 74.6 Å². The number of allylic oxidation sites excluding steroid dienone is 1. The van der Waals surface area contributed by atoms with Crippen molar-refractivity contribution >= 4 is 17.3 Å². The molecule has 26 heavy (non-hydrogen) atoms. The van der Waals surface area contributed by atoms with E-state index in [1.807, 2.05) is 36.4 Å². The lowest BCUT2D eigenvalue weighted by Crippen LogP contribution is -2.12. The predicted molar refractivity (Wildman–Crippen MR) is 107 cm³/mol. The zero-order valence-corrected chi connectivity index (χ0v) is 15.3. The van der Waals surface area contributed by atoms with Gasteiger partial charge in [-0.3, -0.25) is 4.79 Å². The van der Waals surface area contributed by atoms with Gasteiger partial charge in [-0.1, -0.05) is 17.7 Å². The minimum absolute atomic E-state index is 0.145. The van der Waals surface area contributed by atoms with Crippen LogP contribution in [0.4, 0.5) is 11.4 Å². The van der Waals surface area contributed by atoms with Crippen LogP contribution in [-0.4, -0.2) is 19.6 Å². The van der Waals surface area contributed by atoms with Crippen LogP contribution in [0.1, 0.15) is 42.5 Å². The van der Waals surface area contributed by atoms with Gasteiger partial charge in [0.15, 0.2) is 0 Å². The fraction of sp³-hybridized carbons (Fsp3) is 0.318. The van der Waals surface area contributed by atoms with E-state index in [0.29, 0.717) is 11.3 Å². The molecular formula is C22H26N2O2. The Morgan fingerprint density at radius 3 is 2.62 bits per heavy atom. The van der Waals surface area contributed by atoms with Gasteiger partial charge in [-0.2, -0.15) is 0 Å². The molecule has 0 fully saturated rings. The van der Waals surface area contributed by atoms with Gasteiger partial charge in [0.05, 0.1) is 7.11 Å². The fourth-order valence-electron chi connectivity index (χ4n) is 3.14. The zero-order valence-electron chi connectivity index (χ0n) is 15.3. The van der Waals surface area contributed by atoms with Crippen molar-refractivity contribution in [3.05, 3.63) is 65.7 Å². The van der Waals surface area contributed by atoms with Crippen molar-refractivity contribution in [1.29, 1.82) is 0 Å². The Morgan fingerprint density at radius 1 is 1.08 bits per heavy atom. The molecule has 0 aliphatic heterocycles. The predicted octanol–water partition coefficient (Wildman–Crippen LogP) is 5.25. The van der Waals surface area contributed by atoms with E-state index in [-0.39, 0.29) is 5.91 Å². The summed E-state index contributed by atoms with van der Waals surface area (Å²) in [6.07, 6.45) is 8.64. The number of hydrogen-bond acceptors (Lipinski definition) is 3. The number of ether oxygens (including phenoxy) is 1. The molecule has 2 aromatic carbocycles. The van der Waals surface area contributed by atoms with Crippen LogP contribution < -0.4 is 15.4 Å². The largest absolute Gasteiger partial charge is 0.497 e. The molecule has 0 aromatic heterocycles. The molecule has 0 bridgehead atoms. The number of methoxy groups -OCH3 is 1. The molecule has 4 nitrogen and oxygen atoms in total. The maximum atomic E-state index is 12.3. The Kier molecular flexibility index (Phi) is 6.31. The van der Waals surface area contributed by atoms with E-state index in [9.17, 15) is 4.79 Å². The van der Waals surface area contributed by atoms with Crippen LogP contribution in [0.15, 0.2) is 60.2 Å². The van der Waals surface area contributed by atoms with Gasteiger partial charge in [-0.15, -0.1) is 0 Å². The second kappa shape index (κ2) is 9.09. The number of carbonyl (C=O) groups excluding carboxylic acids is 1. The van der Waals surface area contributed by atoms with Crippen LogP contribution in [0, 0.1) is 0 Å². The number of benzene rings is 2. The quantitative estimate of drug-likeness (QED) is 0.671. The molecule has 0 spiro atoms. The van der Waals surface area contributed by atoms with Crippen molar-refractivity contribution in [3.8, 4) is 5.75 Å². The van der Waals surface area contributed by atoms with Gasteiger partial charge in [0.2, 0.25) is 0 Å². The van der Waals surface area contributed by atoms with Crippen LogP contribution in [0.25, 0.3) is 0 Å². The molecule has 0 atom stereocenters. The zero-order chi connectivity index (χ0) is 18.2. The Hall–Kier alpha value is -2.75. The highest BCUT2D eigenvalue weighted by molar-refractivity contribution is 6.04. The average Bonchev–Trinajstić information content (AvgIpc) is 2.70. The highest BCUT2D eigenvalue weighted by Crippen LogP contribution is 2.21. The van der Waals surface area contributed by atoms with Crippen molar-refractivity contribution in [1.82, 2.24) is 0 Å². The molecule has 0 heterocycles. The minimum atomic E-state index is -0.145. The molecule has 3 rings (SSSR count). The number of amides is 1. The molecule has 4 heteroatoms. The SMILES string of the molecule is COc1cccc(C(=O)Nc2ccc(NCCC3=CCCCC3)cc2)c1. The van der Waals surface area contributed by atoms with E-state index < -0.39 is 0 Å². The van der Waals surface area contributed by atoms with Crippen LogP contribution in [0.3, 0.4) is 0 Å². The Morgan fingerprint density at radius 2 is 1.88 bits per heavy atom. The minimum Gasteiger partial charge on any atom is -0.497 e. The van der Waals surface area contributed by atoms with Gasteiger partial charge in [-0.25, -0.2) is 0 Å². The highest BCUT2D eigenvalue weighted by atomic mass is 16.5. The Labute approximate surface area is 155 Å². The highest BCUT2D eigenvalue weighted by Gasteiger charge is 2.07. The maximum absolute atomic E-state index is 12.3. The summed E-state index contributed by atoms with van der Waals surface area (Å²) in [4.78, 5) is 12.3. The van der Waals surface area contributed by atoms with Crippen LogP contribution >= 0.6 is 0 Å². The molecule has 0 saturated carbocycles. The molecule has 0 unspecified atom stereocenters. The van der Waals surface area contributed by atoms with Gasteiger partial charge < -0.3 is 15.4 Å². The second-order valence-corrected chi connectivity index (χ2v) is 6.55. The van der Waals surface area contributed by atoms with Crippen LogP contribution in [-0.2, 0) is 0 Å². The fourth-order valence-corrected chi connectivity index (χ4v) is 3.14. The molecule has 2 aromatic rings. The summed E-state index contributed by atoms with van der Waals surface area (Å²) in [7, 11) is 1.59. The van der Waals surface area contributed by atoms with Crippen LogP contribution in [0.5, 0.6) is 5.75 Å². The molecule has 1 amide bonds. The number of rotatable bonds is 7. The molecule has 136 valence electrons. The van der Waals surface area contributed by atoms with E-state index in [2.05, 4.69) is 16.7 Å². The number of nitrogens with one attached hydrogen (secondary N) is 2. The molecule has 0 radical (unpaired) electrons. The van der Waals surface area contributed by atoms with E-state index in [0.717, 1.165) is 24.3 Å². The maximum Gasteiger partial charge on any atom is 0.255 e. The van der Waals surface area contributed by atoms with E-state index >= 15 is 0 Å². The van der Waals surface area contributed by atoms with Crippen molar-refractivity contribution < 1.29 is 9.53 Å². The van der Waals surface area contributed by atoms with E-state index in [4.69, 9.17) is 4.74 Å². The molecule has 0 saturated heterocycles. The first-order valence-corrected chi connectivity index (χ1v) is 9.22. The summed E-state index contributed by atoms with van der Waals surface area (Å²) in [6, 6.07) is 15.0. The Balaban J connectivity index is 1.50. The molecular weight excluding hydrogens is 324 g/mol. The summed E-state index contributed by atoms with van der Waals surface area (Å²) in [5.41, 5.74) is 4.00. The lowest BCUT2D eigenvalue weighted by Gasteiger charge is -2.13. The Bertz CT molecular complexity index is 766. The summed E-state index contributed by atoms with van der Waals surface area (Å²) in [6.45, 7) is 0.946. The lowest BCUT2D eigenvalue weighted by atomic mass is 9.97. The summed E-state index contributed by atoms with van der Waals surface area (Å²) >= 11 is 0. The third kappa shape index (κ3) is 5.12. The number of hydrogen-bond donors (Lipinski definition) is 2. The topological polar surface area (TPSA) is 50.4 Å². The molecule has 1 aliphatic rings. The van der Waals surface area contributed by atoms with Crippen molar-refractivity contribution in [2.45, 2.75) is 32.1 Å². The first-order chi connectivity index (χ1) is 12.7. The summed E-state index contributed by atoms with van der Waals surface area (Å²) < 4.78 is 5.16. The summed E-state index contributed by atoms with van der Waals surface area (Å²) in [5.74, 6) is 0.527. The monoisotopic (exact) mass is 350 g/mol. The van der Waals surface area contributed by atoms with Gasteiger partial charge in [0.25, 0.3) is 5.91 Å². The smallest absolute Gasteiger partial charge is 0.255 e. The third-order valence-corrected chi connectivity index (χ3v) is 4.63. The van der Waals surface area contributed by atoms with Crippen molar-refractivity contribution in [3.63, 3.8) is 0 Å². The van der Waals surface area contributed by atoms with Gasteiger partial charge in [0, 0.05) is 23.5 Å². The standard InChI is InChI=1S/C22H26N2O2/c1-26-21-9-5-8-18(16-21)22(25)24-20-12-10-19(11-13-20)23-15-14-17-6-3-2-4-7-17/h5-6,8-13,16,23H,2-4,7,14-15H2,1H3,(H,24,25). The lowest BCUT2D eigenvalue weighted by molar-refractivity contribution is 0.102. The second-order valence-electron chi connectivity index (χ2n) is 6.55. The van der Waals surface area contributed by atoms with Crippen molar-refractivity contribution in [2.24, 2.45) is 0 Å². The van der Waals surface area contributed by atoms with Crippen molar-refractivity contribution in [2.75, 3.05) is 24.3 Å². The first-order valence-electron chi connectivity index (χ1n) is 9.22. The number of carbonyl (C=O) groups is 1. The van der Waals surface area contributed by atoms with E-state index in [1.165, 1.54) is 25.7 Å². The normalized spacial score (nSPS) is 13.7. The van der Waals surface area contributed by atoms with Gasteiger partial charge in [0.1, 0.15) is 5.75 Å². The van der Waals surface area contributed by atoms with Crippen LogP contribution in [0.2, 0.25) is 0 Å². The number of anilines is 2. The third-order valence-electron chi connectivity index (χ3n) is 4.63. The molecule has 1 aliphatic carbocycles. The van der Waals surface area contributed by atoms with E-state index in [1.54, 1.807) is 24.8 Å². The molecule has 2 N–H and O–H groups in total. The first kappa shape index (κ1) is 18.1. The summed E-state index contributed by atoms with van der Waals surface area (Å²) in [5, 5.41) is 6.36. The van der Waals surface area contributed by atoms with Gasteiger partial charge >= 0.3 is 0 Å². The average molecular weight is 350 g/mol.